The highest BCUT2D eigenvalue weighted by molar-refractivity contribution is 6.06. The van der Waals surface area contributed by atoms with Crippen molar-refractivity contribution < 1.29 is 18.3 Å². The van der Waals surface area contributed by atoms with E-state index in [2.05, 4.69) is 5.32 Å². The summed E-state index contributed by atoms with van der Waals surface area (Å²) in [6, 6.07) is 7.92. The van der Waals surface area contributed by atoms with Gasteiger partial charge in [0.2, 0.25) is 0 Å². The van der Waals surface area contributed by atoms with Crippen molar-refractivity contribution in [1.29, 1.82) is 0 Å². The zero-order chi connectivity index (χ0) is 14.7. The van der Waals surface area contributed by atoms with E-state index in [1.54, 1.807) is 13.0 Å². The third-order valence-electron chi connectivity index (χ3n) is 2.78. The number of ether oxygens (including phenoxy) is 1. The summed E-state index contributed by atoms with van der Waals surface area (Å²) in [5.74, 6) is -1.54. The first-order chi connectivity index (χ1) is 9.51. The Morgan fingerprint density at radius 3 is 2.60 bits per heavy atom. The molecule has 2 aromatic carbocycles. The lowest BCUT2D eigenvalue weighted by molar-refractivity contribution is 0.102. The fourth-order valence-corrected chi connectivity index (χ4v) is 1.78. The lowest BCUT2D eigenvalue weighted by Gasteiger charge is -2.10. The van der Waals surface area contributed by atoms with Gasteiger partial charge in [-0.15, -0.1) is 0 Å². The number of nitrogens with one attached hydrogen (secondary N) is 1. The van der Waals surface area contributed by atoms with E-state index >= 15 is 0 Å². The molecule has 0 aliphatic carbocycles. The van der Waals surface area contributed by atoms with E-state index in [1.807, 2.05) is 0 Å². The average Bonchev–Trinajstić information content (AvgIpc) is 2.42. The van der Waals surface area contributed by atoms with Gasteiger partial charge in [-0.2, -0.15) is 0 Å². The van der Waals surface area contributed by atoms with Gasteiger partial charge in [0.25, 0.3) is 5.91 Å². The summed E-state index contributed by atoms with van der Waals surface area (Å²) in [6.07, 6.45) is 0. The molecule has 0 unspecified atom stereocenters. The average molecular weight is 277 g/mol. The molecule has 0 aliphatic heterocycles. The largest absolute Gasteiger partial charge is 0.496 e. The third-order valence-corrected chi connectivity index (χ3v) is 2.78. The van der Waals surface area contributed by atoms with E-state index in [0.717, 1.165) is 11.6 Å². The van der Waals surface area contributed by atoms with Crippen molar-refractivity contribution in [2.24, 2.45) is 0 Å². The van der Waals surface area contributed by atoms with E-state index in [9.17, 15) is 13.6 Å². The minimum absolute atomic E-state index is 0.00778. The Morgan fingerprint density at radius 2 is 1.90 bits per heavy atom. The number of methoxy groups -OCH3 is 1. The Balaban J connectivity index is 2.32. The molecule has 0 aromatic heterocycles. The number of halogens is 2. The number of hydrogen-bond donors (Lipinski definition) is 1. The van der Waals surface area contributed by atoms with Gasteiger partial charge in [0, 0.05) is 0 Å². The van der Waals surface area contributed by atoms with Crippen molar-refractivity contribution >= 4 is 11.6 Å². The molecule has 1 N–H and O–H groups in total. The van der Waals surface area contributed by atoms with E-state index < -0.39 is 17.5 Å². The van der Waals surface area contributed by atoms with Crippen LogP contribution in [0.2, 0.25) is 0 Å². The maximum Gasteiger partial charge on any atom is 0.259 e. The molecule has 0 fully saturated rings. The lowest BCUT2D eigenvalue weighted by Crippen LogP contribution is -2.14. The molecule has 5 heteroatoms. The number of benzene rings is 2. The normalized spacial score (nSPS) is 10.2. The van der Waals surface area contributed by atoms with Crippen molar-refractivity contribution in [3.8, 4) is 5.75 Å². The van der Waals surface area contributed by atoms with Crippen LogP contribution in [0.1, 0.15) is 15.9 Å². The molecule has 2 rings (SSSR count). The molecular weight excluding hydrogens is 264 g/mol. The van der Waals surface area contributed by atoms with Crippen LogP contribution in [0.15, 0.2) is 36.4 Å². The molecule has 0 atom stereocenters. The molecule has 0 saturated heterocycles. The molecule has 3 nitrogen and oxygen atoms in total. The Morgan fingerprint density at radius 1 is 1.15 bits per heavy atom. The van der Waals surface area contributed by atoms with Crippen LogP contribution >= 0.6 is 0 Å². The first-order valence-corrected chi connectivity index (χ1v) is 5.92. The van der Waals surface area contributed by atoms with Gasteiger partial charge in [0.05, 0.1) is 18.4 Å². The van der Waals surface area contributed by atoms with Crippen LogP contribution in [-0.2, 0) is 0 Å². The molecule has 104 valence electrons. The summed E-state index contributed by atoms with van der Waals surface area (Å²) in [7, 11) is 1.37. The summed E-state index contributed by atoms with van der Waals surface area (Å²) >= 11 is 0. The van der Waals surface area contributed by atoms with E-state index in [-0.39, 0.29) is 17.0 Å². The first-order valence-electron chi connectivity index (χ1n) is 5.92. The molecule has 0 spiro atoms. The molecule has 0 heterocycles. The second-order valence-corrected chi connectivity index (χ2v) is 4.28. The van der Waals surface area contributed by atoms with E-state index in [0.29, 0.717) is 0 Å². The van der Waals surface area contributed by atoms with E-state index in [1.165, 1.54) is 31.4 Å². The van der Waals surface area contributed by atoms with Gasteiger partial charge in [-0.1, -0.05) is 6.07 Å². The molecule has 0 bridgehead atoms. The van der Waals surface area contributed by atoms with Gasteiger partial charge in [-0.3, -0.25) is 4.79 Å². The SMILES string of the molecule is COc1ccc(F)cc1C(=O)Nc1cc(C)ccc1F. The van der Waals surface area contributed by atoms with Gasteiger partial charge in [0.1, 0.15) is 17.4 Å². The maximum atomic E-state index is 13.6. The van der Waals surface area contributed by atoms with Crippen molar-refractivity contribution in [2.75, 3.05) is 12.4 Å². The number of hydrogen-bond acceptors (Lipinski definition) is 2. The molecule has 0 saturated carbocycles. The minimum Gasteiger partial charge on any atom is -0.496 e. The van der Waals surface area contributed by atoms with Crippen LogP contribution < -0.4 is 10.1 Å². The monoisotopic (exact) mass is 277 g/mol. The van der Waals surface area contributed by atoms with Crippen molar-refractivity contribution in [3.05, 3.63) is 59.2 Å². The Bertz CT molecular complexity index is 656. The molecule has 0 aliphatic rings. The third kappa shape index (κ3) is 2.93. The van der Waals surface area contributed by atoms with Gasteiger partial charge >= 0.3 is 0 Å². The summed E-state index contributed by atoms with van der Waals surface area (Å²) in [5.41, 5.74) is 0.850. The molecule has 2 aromatic rings. The van der Waals surface area contributed by atoms with Crippen molar-refractivity contribution in [3.63, 3.8) is 0 Å². The highest BCUT2D eigenvalue weighted by atomic mass is 19.1. The predicted octanol–water partition coefficient (Wildman–Crippen LogP) is 3.53. The quantitative estimate of drug-likeness (QED) is 0.932. The fourth-order valence-electron chi connectivity index (χ4n) is 1.78. The first kappa shape index (κ1) is 14.0. The number of carbonyl (C=O) groups excluding carboxylic acids is 1. The van der Waals surface area contributed by atoms with Crippen LogP contribution in [0, 0.1) is 18.6 Å². The summed E-state index contributed by atoms with van der Waals surface area (Å²) in [6.45, 7) is 1.78. The van der Waals surface area contributed by atoms with Gasteiger partial charge in [0.15, 0.2) is 0 Å². The maximum absolute atomic E-state index is 13.6. The highest BCUT2D eigenvalue weighted by Crippen LogP contribution is 2.22. The standard InChI is InChI=1S/C15H13F2NO2/c1-9-3-5-12(17)13(7-9)18-15(19)11-8-10(16)4-6-14(11)20-2/h3-8H,1-2H3,(H,18,19). The van der Waals surface area contributed by atoms with Crippen LogP contribution in [0.25, 0.3) is 0 Å². The second-order valence-electron chi connectivity index (χ2n) is 4.28. The van der Waals surface area contributed by atoms with E-state index in [4.69, 9.17) is 4.74 Å². The zero-order valence-electron chi connectivity index (χ0n) is 11.0. The molecule has 0 radical (unpaired) electrons. The van der Waals surface area contributed by atoms with Crippen LogP contribution in [0.5, 0.6) is 5.75 Å². The zero-order valence-corrected chi connectivity index (χ0v) is 11.0. The predicted molar refractivity (Wildman–Crippen MR) is 72.0 cm³/mol. The number of carbonyl (C=O) groups is 1. The highest BCUT2D eigenvalue weighted by Gasteiger charge is 2.15. The summed E-state index contributed by atoms with van der Waals surface area (Å²) in [5, 5.41) is 2.41. The fraction of sp³-hybridized carbons (Fsp3) is 0.133. The van der Waals surface area contributed by atoms with Crippen molar-refractivity contribution in [1.82, 2.24) is 0 Å². The Kier molecular flexibility index (Phi) is 3.98. The minimum atomic E-state index is -0.633. The smallest absolute Gasteiger partial charge is 0.259 e. The molecule has 20 heavy (non-hydrogen) atoms. The number of amides is 1. The van der Waals surface area contributed by atoms with Crippen LogP contribution in [0.3, 0.4) is 0 Å². The Hall–Kier alpha value is -2.43. The number of anilines is 1. The molecular formula is C15H13F2NO2. The van der Waals surface area contributed by atoms with Gasteiger partial charge in [-0.25, -0.2) is 8.78 Å². The van der Waals surface area contributed by atoms with Gasteiger partial charge in [-0.05, 0) is 42.8 Å². The number of rotatable bonds is 3. The Labute approximate surface area is 115 Å². The van der Waals surface area contributed by atoms with Crippen LogP contribution in [-0.4, -0.2) is 13.0 Å². The van der Waals surface area contributed by atoms with Crippen LogP contribution in [0.4, 0.5) is 14.5 Å². The topological polar surface area (TPSA) is 38.3 Å². The second kappa shape index (κ2) is 5.69. The summed E-state index contributed by atoms with van der Waals surface area (Å²) in [4.78, 5) is 12.1. The lowest BCUT2D eigenvalue weighted by atomic mass is 10.1. The molecule has 1 amide bonds. The van der Waals surface area contributed by atoms with Crippen molar-refractivity contribution in [2.45, 2.75) is 6.92 Å². The van der Waals surface area contributed by atoms with Gasteiger partial charge < -0.3 is 10.1 Å². The number of aryl methyl sites for hydroxylation is 1. The summed E-state index contributed by atoms with van der Waals surface area (Å²) < 4.78 is 31.8.